The Morgan fingerprint density at radius 2 is 1.55 bits per heavy atom. The molecule has 3 aliphatic rings. The minimum atomic E-state index is -0.273. The first-order chi connectivity index (χ1) is 15.0. The molecular formula is C24H32N4O3. The second kappa shape index (κ2) is 9.64. The molecule has 0 saturated carbocycles. The van der Waals surface area contributed by atoms with Crippen LogP contribution in [0.25, 0.3) is 6.08 Å². The van der Waals surface area contributed by atoms with E-state index in [9.17, 15) is 14.4 Å². The number of amides is 3. The van der Waals surface area contributed by atoms with Crippen molar-refractivity contribution in [3.05, 3.63) is 41.6 Å². The molecule has 4 rings (SSSR count). The highest BCUT2D eigenvalue weighted by Crippen LogP contribution is 2.33. The molecule has 166 valence electrons. The minimum absolute atomic E-state index is 0.0587. The number of benzene rings is 1. The Hall–Kier alpha value is -2.67. The van der Waals surface area contributed by atoms with E-state index >= 15 is 0 Å². The van der Waals surface area contributed by atoms with Crippen LogP contribution in [0.2, 0.25) is 0 Å². The predicted molar refractivity (Wildman–Crippen MR) is 119 cm³/mol. The lowest BCUT2D eigenvalue weighted by Crippen LogP contribution is -2.52. The molecule has 1 aromatic rings. The lowest BCUT2D eigenvalue weighted by atomic mass is 9.93. The molecule has 3 aliphatic heterocycles. The summed E-state index contributed by atoms with van der Waals surface area (Å²) < 4.78 is 0. The maximum Gasteiger partial charge on any atom is 0.236 e. The summed E-state index contributed by atoms with van der Waals surface area (Å²) in [5, 5.41) is 0. The maximum atomic E-state index is 13.1. The summed E-state index contributed by atoms with van der Waals surface area (Å²) in [6, 6.07) is 7.65. The fraction of sp³-hybridized carbons (Fsp3) is 0.542. The number of likely N-dealkylation sites (tertiary alicyclic amines) is 1. The first-order valence-corrected chi connectivity index (χ1v) is 11.4. The SMILES string of the molecule is CC(=O)N1C=Cc2ccccc2C1CC(=O)N1CCN(CC(=O)N2CCCCC2)CC1. The molecule has 0 aromatic heterocycles. The van der Waals surface area contributed by atoms with Gasteiger partial charge in [-0.3, -0.25) is 19.3 Å². The highest BCUT2D eigenvalue weighted by Gasteiger charge is 2.31. The molecule has 3 heterocycles. The minimum Gasteiger partial charge on any atom is -0.342 e. The Morgan fingerprint density at radius 1 is 0.871 bits per heavy atom. The van der Waals surface area contributed by atoms with Crippen molar-refractivity contribution >= 4 is 23.8 Å². The third-order valence-electron chi connectivity index (χ3n) is 6.63. The van der Waals surface area contributed by atoms with Crippen molar-refractivity contribution in [3.63, 3.8) is 0 Å². The molecule has 7 nitrogen and oxygen atoms in total. The molecule has 0 spiro atoms. The van der Waals surface area contributed by atoms with Crippen molar-refractivity contribution in [2.45, 2.75) is 38.6 Å². The Bertz CT molecular complexity index is 854. The van der Waals surface area contributed by atoms with Gasteiger partial charge in [-0.1, -0.05) is 24.3 Å². The molecule has 7 heteroatoms. The van der Waals surface area contributed by atoms with E-state index in [2.05, 4.69) is 4.90 Å². The number of piperidine rings is 1. The zero-order chi connectivity index (χ0) is 21.8. The average Bonchev–Trinajstić information content (AvgIpc) is 2.80. The van der Waals surface area contributed by atoms with E-state index in [4.69, 9.17) is 0 Å². The number of piperazine rings is 1. The molecule has 1 aromatic carbocycles. The number of hydrogen-bond donors (Lipinski definition) is 0. The van der Waals surface area contributed by atoms with Crippen molar-refractivity contribution in [1.29, 1.82) is 0 Å². The molecule has 2 fully saturated rings. The van der Waals surface area contributed by atoms with Gasteiger partial charge in [0.05, 0.1) is 19.0 Å². The molecule has 1 atom stereocenters. The first-order valence-electron chi connectivity index (χ1n) is 11.4. The van der Waals surface area contributed by atoms with Crippen molar-refractivity contribution in [2.24, 2.45) is 0 Å². The van der Waals surface area contributed by atoms with E-state index in [1.807, 2.05) is 40.1 Å². The first kappa shape index (κ1) is 21.6. The molecule has 0 bridgehead atoms. The summed E-state index contributed by atoms with van der Waals surface area (Å²) >= 11 is 0. The van der Waals surface area contributed by atoms with E-state index in [1.165, 1.54) is 13.3 Å². The standard InChI is InChI=1S/C24H32N4O3/c1-19(29)28-12-9-20-7-3-4-8-21(20)22(28)17-23(30)27-15-13-25(14-16-27)18-24(31)26-10-5-2-6-11-26/h3-4,7-9,12,22H,2,5-6,10-11,13-18H2,1H3. The average molecular weight is 425 g/mol. The summed E-state index contributed by atoms with van der Waals surface area (Å²) in [5.74, 6) is 0.204. The van der Waals surface area contributed by atoms with E-state index in [-0.39, 0.29) is 30.2 Å². The summed E-state index contributed by atoms with van der Waals surface area (Å²) in [6.07, 6.45) is 7.40. The number of hydrogen-bond acceptors (Lipinski definition) is 4. The third-order valence-corrected chi connectivity index (χ3v) is 6.63. The van der Waals surface area contributed by atoms with Crippen LogP contribution in [0, 0.1) is 0 Å². The number of carbonyl (C=O) groups is 3. The second-order valence-corrected chi connectivity index (χ2v) is 8.69. The molecule has 2 saturated heterocycles. The predicted octanol–water partition coefficient (Wildman–Crippen LogP) is 2.11. The highest BCUT2D eigenvalue weighted by molar-refractivity contribution is 5.82. The van der Waals surface area contributed by atoms with Crippen LogP contribution in [-0.2, 0) is 14.4 Å². The Kier molecular flexibility index (Phi) is 6.70. The summed E-state index contributed by atoms with van der Waals surface area (Å²) in [4.78, 5) is 45.4. The lowest BCUT2D eigenvalue weighted by Gasteiger charge is -2.38. The van der Waals surface area contributed by atoms with Gasteiger partial charge in [-0.05, 0) is 36.5 Å². The van der Waals surface area contributed by atoms with Crippen LogP contribution in [0.5, 0.6) is 0 Å². The monoisotopic (exact) mass is 424 g/mol. The fourth-order valence-corrected chi connectivity index (χ4v) is 4.80. The number of fused-ring (bicyclic) bond motifs is 1. The summed E-state index contributed by atoms with van der Waals surface area (Å²) in [5.41, 5.74) is 2.07. The zero-order valence-electron chi connectivity index (χ0n) is 18.3. The van der Waals surface area contributed by atoms with E-state index in [0.717, 1.165) is 37.1 Å². The fourth-order valence-electron chi connectivity index (χ4n) is 4.80. The van der Waals surface area contributed by atoms with Crippen molar-refractivity contribution in [2.75, 3.05) is 45.8 Å². The Balaban J connectivity index is 1.33. The van der Waals surface area contributed by atoms with Crippen molar-refractivity contribution in [3.8, 4) is 0 Å². The molecule has 0 radical (unpaired) electrons. The summed E-state index contributed by atoms with van der Waals surface area (Å²) in [7, 11) is 0. The molecule has 0 N–H and O–H groups in total. The van der Waals surface area contributed by atoms with Crippen LogP contribution < -0.4 is 0 Å². The second-order valence-electron chi connectivity index (χ2n) is 8.69. The molecule has 1 unspecified atom stereocenters. The van der Waals surface area contributed by atoms with Gasteiger partial charge >= 0.3 is 0 Å². The van der Waals surface area contributed by atoms with Crippen LogP contribution in [0.4, 0.5) is 0 Å². The van der Waals surface area contributed by atoms with Gasteiger partial charge in [0.25, 0.3) is 0 Å². The zero-order valence-corrected chi connectivity index (χ0v) is 18.3. The number of rotatable bonds is 4. The Labute approximate surface area is 184 Å². The number of nitrogens with zero attached hydrogens (tertiary/aromatic N) is 4. The van der Waals surface area contributed by atoms with Gasteiger partial charge in [0.2, 0.25) is 17.7 Å². The third kappa shape index (κ3) is 4.98. The maximum absolute atomic E-state index is 13.1. The van der Waals surface area contributed by atoms with Gasteiger partial charge in [-0.15, -0.1) is 0 Å². The normalized spacial score (nSPS) is 21.7. The van der Waals surface area contributed by atoms with Crippen molar-refractivity contribution in [1.82, 2.24) is 19.6 Å². The van der Waals surface area contributed by atoms with Crippen LogP contribution >= 0.6 is 0 Å². The quantitative estimate of drug-likeness (QED) is 0.743. The van der Waals surface area contributed by atoms with Gasteiger partial charge in [0, 0.05) is 52.4 Å². The van der Waals surface area contributed by atoms with Crippen LogP contribution in [0.15, 0.2) is 30.5 Å². The smallest absolute Gasteiger partial charge is 0.236 e. The van der Waals surface area contributed by atoms with Crippen molar-refractivity contribution < 1.29 is 14.4 Å². The van der Waals surface area contributed by atoms with Gasteiger partial charge in [0.15, 0.2) is 0 Å². The van der Waals surface area contributed by atoms with E-state index in [0.29, 0.717) is 32.7 Å². The highest BCUT2D eigenvalue weighted by atomic mass is 16.2. The topological polar surface area (TPSA) is 64.2 Å². The Morgan fingerprint density at radius 3 is 2.26 bits per heavy atom. The summed E-state index contributed by atoms with van der Waals surface area (Å²) in [6.45, 7) is 6.40. The van der Waals surface area contributed by atoms with Gasteiger partial charge in [0.1, 0.15) is 0 Å². The van der Waals surface area contributed by atoms with Crippen LogP contribution in [0.1, 0.15) is 49.8 Å². The number of carbonyl (C=O) groups excluding carboxylic acids is 3. The molecule has 3 amide bonds. The van der Waals surface area contributed by atoms with Gasteiger partial charge in [-0.2, -0.15) is 0 Å². The molecule has 0 aliphatic carbocycles. The lowest BCUT2D eigenvalue weighted by molar-refractivity contribution is -0.137. The van der Waals surface area contributed by atoms with Gasteiger partial charge < -0.3 is 14.7 Å². The van der Waals surface area contributed by atoms with E-state index < -0.39 is 0 Å². The molecular weight excluding hydrogens is 392 g/mol. The van der Waals surface area contributed by atoms with Crippen LogP contribution in [-0.4, -0.2) is 83.1 Å². The largest absolute Gasteiger partial charge is 0.342 e. The van der Waals surface area contributed by atoms with E-state index in [1.54, 1.807) is 11.1 Å². The van der Waals surface area contributed by atoms with Crippen LogP contribution in [0.3, 0.4) is 0 Å². The molecule has 31 heavy (non-hydrogen) atoms. The van der Waals surface area contributed by atoms with Gasteiger partial charge in [-0.25, -0.2) is 0 Å².